The second-order valence-corrected chi connectivity index (χ2v) is 11.8. The van der Waals surface area contributed by atoms with Gasteiger partial charge in [0.2, 0.25) is 0 Å². The van der Waals surface area contributed by atoms with Crippen molar-refractivity contribution in [3.63, 3.8) is 0 Å². The van der Waals surface area contributed by atoms with Crippen LogP contribution in [-0.2, 0) is 0 Å². The minimum absolute atomic E-state index is 0.0793. The first-order chi connectivity index (χ1) is 22.4. The Labute approximate surface area is 260 Å². The van der Waals surface area contributed by atoms with E-state index in [9.17, 15) is 0 Å². The van der Waals surface area contributed by atoms with Gasteiger partial charge in [0.05, 0.1) is 22.7 Å². The smallest absolute Gasteiger partial charge is 0.332 e. The Bertz CT molecular complexity index is 2500. The van der Waals surface area contributed by atoms with E-state index >= 15 is 0 Å². The molecule has 0 spiro atoms. The van der Waals surface area contributed by atoms with Crippen LogP contribution in [0.15, 0.2) is 152 Å². The quantitative estimate of drug-likeness (QED) is 0.201. The van der Waals surface area contributed by atoms with Crippen molar-refractivity contribution in [3.8, 4) is 27.9 Å². The Morgan fingerprint density at radius 3 is 1.76 bits per heavy atom. The third-order valence-electron chi connectivity index (χ3n) is 9.52. The average molecular weight is 572 g/mol. The van der Waals surface area contributed by atoms with Crippen LogP contribution in [0.25, 0.3) is 71.7 Å². The van der Waals surface area contributed by atoms with Gasteiger partial charge in [0.25, 0.3) is 0 Å². The summed E-state index contributed by atoms with van der Waals surface area (Å²) in [4.78, 5) is 9.22. The van der Waals surface area contributed by atoms with Gasteiger partial charge in [-0.3, -0.25) is 0 Å². The molecule has 1 aliphatic rings. The second-order valence-electron chi connectivity index (χ2n) is 11.8. The topological polar surface area (TPSA) is 35.6 Å². The van der Waals surface area contributed by atoms with Crippen molar-refractivity contribution in [3.05, 3.63) is 152 Å². The van der Waals surface area contributed by atoms with Gasteiger partial charge in [-0.05, 0) is 28.1 Å². The maximum Gasteiger partial charge on any atom is 0.332 e. The van der Waals surface area contributed by atoms with E-state index in [0.29, 0.717) is 0 Å². The highest BCUT2D eigenvalue weighted by Crippen LogP contribution is 2.41. The molecule has 208 valence electrons. The van der Waals surface area contributed by atoms with Crippen molar-refractivity contribution in [2.45, 2.75) is 0 Å². The van der Waals surface area contributed by atoms with E-state index in [0.717, 1.165) is 16.4 Å². The Kier molecular flexibility index (Phi) is 5.05. The molecule has 0 saturated heterocycles. The normalized spacial score (nSPS) is 12.4. The molecular formula is C40H25BN4. The van der Waals surface area contributed by atoms with E-state index < -0.39 is 0 Å². The number of nitrogens with zero attached hydrogens (tertiary/aromatic N) is 4. The maximum atomic E-state index is 4.78. The number of rotatable bonds is 3. The summed E-state index contributed by atoms with van der Waals surface area (Å²) in [6.07, 6.45) is 3.61. The molecule has 0 amide bonds. The standard InChI is InChI=1S/C40H25BN4/c1-3-12-26(13-4-1)28-16-9-18-30-31-19-10-17-29(27-14-5-2-6-15-27)39(31)45(38(28)30)41-33-21-7-8-23-35(33)44-36-24-42-25-43-37(36)32-20-11-22-34(41)40(32)44/h1-25H. The summed E-state index contributed by atoms with van der Waals surface area (Å²) in [5.74, 6) is 0. The fourth-order valence-corrected chi connectivity index (χ4v) is 7.77. The molecule has 3 aromatic heterocycles. The molecule has 45 heavy (non-hydrogen) atoms. The summed E-state index contributed by atoms with van der Waals surface area (Å²) in [7, 11) is 0. The van der Waals surface area contributed by atoms with Crippen molar-refractivity contribution in [2.24, 2.45) is 0 Å². The monoisotopic (exact) mass is 572 g/mol. The zero-order chi connectivity index (χ0) is 29.5. The third kappa shape index (κ3) is 3.32. The second kappa shape index (κ2) is 9.28. The lowest BCUT2D eigenvalue weighted by molar-refractivity contribution is 1.14. The van der Waals surface area contributed by atoms with E-state index in [2.05, 4.69) is 154 Å². The molecule has 0 fully saturated rings. The van der Waals surface area contributed by atoms with Crippen LogP contribution in [0.4, 0.5) is 0 Å². The molecule has 0 N–H and O–H groups in total. The minimum Gasteiger partial charge on any atom is -0.375 e. The Morgan fingerprint density at radius 2 is 1.07 bits per heavy atom. The SMILES string of the molecule is c1ccc(-c2cccc3c4cccc(-c5ccccc5)c4n(B4c5ccccc5-n5c6cncnc6c6cccc4c65)c23)cc1. The van der Waals surface area contributed by atoms with Crippen LogP contribution in [0.2, 0.25) is 0 Å². The first-order valence-corrected chi connectivity index (χ1v) is 15.4. The number of benzene rings is 6. The largest absolute Gasteiger partial charge is 0.375 e. The molecule has 0 unspecified atom stereocenters. The van der Waals surface area contributed by atoms with E-state index in [1.165, 1.54) is 66.2 Å². The summed E-state index contributed by atoms with van der Waals surface area (Å²) in [5, 5.41) is 3.66. The van der Waals surface area contributed by atoms with E-state index in [1.807, 2.05) is 6.20 Å². The molecule has 5 heteroatoms. The van der Waals surface area contributed by atoms with Gasteiger partial charge < -0.3 is 9.05 Å². The number of hydrogen-bond acceptors (Lipinski definition) is 2. The molecular weight excluding hydrogens is 547 g/mol. The summed E-state index contributed by atoms with van der Waals surface area (Å²) in [6.45, 7) is -0.0793. The fourth-order valence-electron chi connectivity index (χ4n) is 7.77. The van der Waals surface area contributed by atoms with Crippen LogP contribution < -0.4 is 10.9 Å². The van der Waals surface area contributed by atoms with Gasteiger partial charge in [-0.1, -0.05) is 133 Å². The lowest BCUT2D eigenvalue weighted by Crippen LogP contribution is -2.53. The molecule has 10 rings (SSSR count). The van der Waals surface area contributed by atoms with Crippen LogP contribution in [0.5, 0.6) is 0 Å². The molecule has 0 bridgehead atoms. The highest BCUT2D eigenvalue weighted by atomic mass is 15.0. The molecule has 9 aromatic rings. The highest BCUT2D eigenvalue weighted by Gasteiger charge is 2.37. The van der Waals surface area contributed by atoms with Gasteiger partial charge in [0.15, 0.2) is 0 Å². The number of para-hydroxylation sites is 4. The predicted molar refractivity (Wildman–Crippen MR) is 187 cm³/mol. The summed E-state index contributed by atoms with van der Waals surface area (Å²) >= 11 is 0. The molecule has 1 aliphatic heterocycles. The van der Waals surface area contributed by atoms with Crippen LogP contribution in [0, 0.1) is 0 Å². The molecule has 0 saturated carbocycles. The first-order valence-electron chi connectivity index (χ1n) is 15.4. The average Bonchev–Trinajstić information content (AvgIpc) is 3.64. The molecule has 4 nitrogen and oxygen atoms in total. The summed E-state index contributed by atoms with van der Waals surface area (Å²) in [6, 6.07) is 50.7. The van der Waals surface area contributed by atoms with Gasteiger partial charge in [0.1, 0.15) is 6.33 Å². The first kappa shape index (κ1) is 24.5. The molecule has 6 aromatic carbocycles. The van der Waals surface area contributed by atoms with Crippen LogP contribution in [-0.4, -0.2) is 25.9 Å². The van der Waals surface area contributed by atoms with Crippen molar-refractivity contribution in [1.82, 2.24) is 19.0 Å². The van der Waals surface area contributed by atoms with Crippen molar-refractivity contribution in [2.75, 3.05) is 0 Å². The molecule has 4 heterocycles. The highest BCUT2D eigenvalue weighted by molar-refractivity contribution is 6.88. The lowest BCUT2D eigenvalue weighted by Gasteiger charge is -2.29. The number of aromatic nitrogens is 4. The van der Waals surface area contributed by atoms with Crippen LogP contribution in [0.1, 0.15) is 0 Å². The van der Waals surface area contributed by atoms with Gasteiger partial charge in [-0.2, -0.15) is 0 Å². The van der Waals surface area contributed by atoms with Crippen molar-refractivity contribution in [1.29, 1.82) is 0 Å². The zero-order valence-electron chi connectivity index (χ0n) is 24.3. The Morgan fingerprint density at radius 1 is 0.489 bits per heavy atom. The number of fused-ring (bicyclic) bond motifs is 8. The van der Waals surface area contributed by atoms with E-state index in [4.69, 9.17) is 4.98 Å². The van der Waals surface area contributed by atoms with Gasteiger partial charge in [-0.25, -0.2) is 9.97 Å². The van der Waals surface area contributed by atoms with Gasteiger partial charge >= 0.3 is 6.85 Å². The van der Waals surface area contributed by atoms with E-state index in [-0.39, 0.29) is 6.85 Å². The molecule has 0 radical (unpaired) electrons. The Hall–Kier alpha value is -5.94. The van der Waals surface area contributed by atoms with Gasteiger partial charge in [-0.15, -0.1) is 0 Å². The third-order valence-corrected chi connectivity index (χ3v) is 9.52. The predicted octanol–water partition coefficient (Wildman–Crippen LogP) is 7.98. The molecule has 0 aliphatic carbocycles. The fraction of sp³-hybridized carbons (Fsp3) is 0. The Balaban J connectivity index is 1.44. The van der Waals surface area contributed by atoms with Gasteiger partial charge in [0, 0.05) is 44.0 Å². The summed E-state index contributed by atoms with van der Waals surface area (Å²) in [5.41, 5.74) is 14.2. The van der Waals surface area contributed by atoms with Crippen LogP contribution in [0.3, 0.4) is 0 Å². The van der Waals surface area contributed by atoms with Crippen molar-refractivity contribution >= 4 is 61.5 Å². The lowest BCUT2D eigenvalue weighted by atomic mass is 9.48. The zero-order valence-corrected chi connectivity index (χ0v) is 24.3. The molecule has 0 atom stereocenters. The summed E-state index contributed by atoms with van der Waals surface area (Å²) < 4.78 is 5.01. The van der Waals surface area contributed by atoms with E-state index in [1.54, 1.807) is 6.33 Å². The maximum absolute atomic E-state index is 4.78. The minimum atomic E-state index is -0.0793. The number of hydrogen-bond donors (Lipinski definition) is 0. The van der Waals surface area contributed by atoms with Crippen molar-refractivity contribution < 1.29 is 0 Å². The van der Waals surface area contributed by atoms with Crippen LogP contribution >= 0.6 is 0 Å².